The topological polar surface area (TPSA) is 94.9 Å². The number of carboxylic acids is 1. The zero-order valence-corrected chi connectivity index (χ0v) is 24.4. The number of benzene rings is 1. The summed E-state index contributed by atoms with van der Waals surface area (Å²) in [6.07, 6.45) is -2.56. The Balaban J connectivity index is 1.38. The van der Waals surface area contributed by atoms with Crippen LogP contribution < -0.4 is 0 Å². The molecule has 0 radical (unpaired) electrons. The second kappa shape index (κ2) is 10.5. The van der Waals surface area contributed by atoms with Gasteiger partial charge >= 0.3 is 18.1 Å². The van der Waals surface area contributed by atoms with Crippen LogP contribution >= 0.6 is 0 Å². The maximum Gasteiger partial charge on any atom is 0.456 e. The van der Waals surface area contributed by atoms with E-state index >= 15 is 8.78 Å². The van der Waals surface area contributed by atoms with Crippen molar-refractivity contribution < 1.29 is 46.5 Å². The Hall–Kier alpha value is -3.08. The highest BCUT2D eigenvalue weighted by atomic mass is 19.4. The predicted molar refractivity (Wildman–Crippen MR) is 149 cm³/mol. The second-order valence-electron chi connectivity index (χ2n) is 13.5. The van der Waals surface area contributed by atoms with Gasteiger partial charge in [0.05, 0.1) is 5.92 Å². The summed E-state index contributed by atoms with van der Waals surface area (Å²) in [7, 11) is 0. The SMILES string of the molecule is CC12C[C@H](c3ccc(C(=O)N4CCC(C(=O)O)CC4)cc3)C3=C4CCC(=O)C=C4CCC3[C@@H]1CC[C@@]2(O)C(F)(F)C(F)(F)F. The molecule has 2 saturated carbocycles. The number of ketones is 1. The third-order valence-electron chi connectivity index (χ3n) is 11.5. The van der Waals surface area contributed by atoms with Crippen molar-refractivity contribution in [2.45, 2.75) is 88.3 Å². The van der Waals surface area contributed by atoms with E-state index < -0.39 is 53.3 Å². The van der Waals surface area contributed by atoms with Gasteiger partial charge in [0.2, 0.25) is 0 Å². The lowest BCUT2D eigenvalue weighted by molar-refractivity contribution is -0.362. The molecular formula is C33H36F5NO5. The molecule has 1 heterocycles. The highest BCUT2D eigenvalue weighted by Crippen LogP contribution is 2.70. The van der Waals surface area contributed by atoms with Crippen LogP contribution in [0.1, 0.15) is 86.6 Å². The summed E-state index contributed by atoms with van der Waals surface area (Å²) in [5, 5.41) is 20.7. The molecule has 4 aliphatic carbocycles. The fourth-order valence-electron chi connectivity index (χ4n) is 9.08. The highest BCUT2D eigenvalue weighted by molar-refractivity contribution is 5.94. The van der Waals surface area contributed by atoms with Gasteiger partial charge in [0.15, 0.2) is 5.78 Å². The van der Waals surface area contributed by atoms with Crippen molar-refractivity contribution in [3.8, 4) is 0 Å². The lowest BCUT2D eigenvalue weighted by atomic mass is 9.50. The van der Waals surface area contributed by atoms with E-state index in [1.165, 1.54) is 6.92 Å². The van der Waals surface area contributed by atoms with Crippen molar-refractivity contribution in [1.82, 2.24) is 4.90 Å². The van der Waals surface area contributed by atoms with Gasteiger partial charge in [-0.1, -0.05) is 24.6 Å². The summed E-state index contributed by atoms with van der Waals surface area (Å²) in [6.45, 7) is 1.99. The molecule has 0 aromatic heterocycles. The van der Waals surface area contributed by atoms with E-state index in [2.05, 4.69) is 0 Å². The molecule has 1 amide bonds. The summed E-state index contributed by atoms with van der Waals surface area (Å²) >= 11 is 0. The number of carbonyl (C=O) groups excluding carboxylic acids is 2. The Labute approximate surface area is 252 Å². The summed E-state index contributed by atoms with van der Waals surface area (Å²) in [6, 6.07) is 6.64. The van der Waals surface area contributed by atoms with Gasteiger partial charge in [-0.3, -0.25) is 14.4 Å². The van der Waals surface area contributed by atoms with Gasteiger partial charge in [-0.2, -0.15) is 22.0 Å². The Morgan fingerprint density at radius 1 is 0.955 bits per heavy atom. The Kier molecular flexibility index (Phi) is 7.37. The number of piperidine rings is 1. The summed E-state index contributed by atoms with van der Waals surface area (Å²) < 4.78 is 71.7. The minimum atomic E-state index is -5.92. The molecule has 238 valence electrons. The van der Waals surface area contributed by atoms with Gasteiger partial charge in [0, 0.05) is 36.4 Å². The van der Waals surface area contributed by atoms with Crippen molar-refractivity contribution in [2.24, 2.45) is 23.2 Å². The van der Waals surface area contributed by atoms with Crippen LogP contribution in [-0.4, -0.2) is 63.6 Å². The number of amides is 1. The molecule has 5 atom stereocenters. The molecule has 2 N–H and O–H groups in total. The molecular weight excluding hydrogens is 585 g/mol. The van der Waals surface area contributed by atoms with Crippen molar-refractivity contribution in [3.63, 3.8) is 0 Å². The van der Waals surface area contributed by atoms with E-state index in [1.807, 2.05) is 0 Å². The first-order valence-corrected chi connectivity index (χ1v) is 15.3. The number of halogens is 5. The summed E-state index contributed by atoms with van der Waals surface area (Å²) in [5.74, 6) is -8.44. The molecule has 2 unspecified atom stereocenters. The van der Waals surface area contributed by atoms with Crippen LogP contribution in [0.4, 0.5) is 22.0 Å². The van der Waals surface area contributed by atoms with Gasteiger partial charge in [0.25, 0.3) is 5.91 Å². The Bertz CT molecular complexity index is 1440. The number of nitrogens with zero attached hydrogens (tertiary/aromatic N) is 1. The third-order valence-corrected chi connectivity index (χ3v) is 11.5. The van der Waals surface area contributed by atoms with E-state index in [4.69, 9.17) is 0 Å². The number of aliphatic carboxylic acids is 1. The smallest absolute Gasteiger partial charge is 0.456 e. The lowest BCUT2D eigenvalue weighted by Crippen LogP contribution is -2.65. The van der Waals surface area contributed by atoms with Crippen LogP contribution in [-0.2, 0) is 9.59 Å². The average Bonchev–Trinajstić information content (AvgIpc) is 3.27. The highest BCUT2D eigenvalue weighted by Gasteiger charge is 2.79. The fourth-order valence-corrected chi connectivity index (χ4v) is 9.08. The predicted octanol–water partition coefficient (Wildman–Crippen LogP) is 6.45. The van der Waals surface area contributed by atoms with Gasteiger partial charge < -0.3 is 15.1 Å². The first-order valence-electron chi connectivity index (χ1n) is 15.3. The number of hydrogen-bond donors (Lipinski definition) is 2. The molecule has 6 nitrogen and oxygen atoms in total. The van der Waals surface area contributed by atoms with Crippen LogP contribution in [0, 0.1) is 23.2 Å². The molecule has 6 rings (SSSR count). The molecule has 0 spiro atoms. The zero-order valence-electron chi connectivity index (χ0n) is 24.4. The van der Waals surface area contributed by atoms with E-state index in [9.17, 15) is 37.8 Å². The lowest BCUT2D eigenvalue weighted by Gasteiger charge is -2.56. The molecule has 1 saturated heterocycles. The minimum Gasteiger partial charge on any atom is -0.481 e. The maximum absolute atomic E-state index is 15.2. The van der Waals surface area contributed by atoms with E-state index in [0.29, 0.717) is 62.7 Å². The molecule has 11 heteroatoms. The van der Waals surface area contributed by atoms with Crippen molar-refractivity contribution in [3.05, 3.63) is 58.2 Å². The summed E-state index contributed by atoms with van der Waals surface area (Å²) in [5.41, 5.74) is -1.18. The number of allylic oxidation sites excluding steroid dienone is 4. The van der Waals surface area contributed by atoms with E-state index in [-0.39, 0.29) is 30.4 Å². The number of carboxylic acid groups (broad SMARTS) is 1. The number of hydrogen-bond acceptors (Lipinski definition) is 4. The zero-order chi connectivity index (χ0) is 31.8. The molecule has 1 aliphatic heterocycles. The number of carbonyl (C=O) groups is 3. The van der Waals surface area contributed by atoms with Crippen molar-refractivity contribution in [1.29, 1.82) is 0 Å². The van der Waals surface area contributed by atoms with Gasteiger partial charge in [-0.15, -0.1) is 0 Å². The third kappa shape index (κ3) is 4.55. The minimum absolute atomic E-state index is 0.00955. The van der Waals surface area contributed by atoms with Gasteiger partial charge in [-0.05, 0) is 98.1 Å². The molecule has 44 heavy (non-hydrogen) atoms. The standard InChI is InChI=1S/C33H36F5NO5/c1-30-17-25(18-2-4-19(5-3-18)28(41)39-14-11-20(12-15-39)29(42)43)27-23-9-7-22(40)16-21(23)6-8-24(27)26(30)10-13-31(30,44)32(34,35)33(36,37)38/h2-5,16,20,24-26,44H,6-15,17H2,1H3,(H,42,43)/t24?,25-,26+,30?,31+/m1/s1. The number of aliphatic hydroxyl groups is 1. The van der Waals surface area contributed by atoms with E-state index in [0.717, 1.165) is 16.7 Å². The number of fused-ring (bicyclic) bond motifs is 4. The molecule has 1 aromatic carbocycles. The Morgan fingerprint density at radius 3 is 2.23 bits per heavy atom. The normalized spacial score (nSPS) is 33.0. The molecule has 3 fully saturated rings. The van der Waals surface area contributed by atoms with Crippen LogP contribution in [0.15, 0.2) is 47.1 Å². The van der Waals surface area contributed by atoms with Crippen molar-refractivity contribution >= 4 is 17.7 Å². The number of rotatable bonds is 4. The van der Waals surface area contributed by atoms with Gasteiger partial charge in [-0.25, -0.2) is 0 Å². The number of likely N-dealkylation sites (tertiary alicyclic amines) is 1. The monoisotopic (exact) mass is 621 g/mol. The van der Waals surface area contributed by atoms with Crippen LogP contribution in [0.2, 0.25) is 0 Å². The molecule has 1 aromatic rings. The van der Waals surface area contributed by atoms with Gasteiger partial charge in [0.1, 0.15) is 5.60 Å². The maximum atomic E-state index is 15.2. The fraction of sp³-hybridized carbons (Fsp3) is 0.606. The van der Waals surface area contributed by atoms with Crippen molar-refractivity contribution in [2.75, 3.05) is 13.1 Å². The Morgan fingerprint density at radius 2 is 1.61 bits per heavy atom. The number of alkyl halides is 5. The van der Waals surface area contributed by atoms with Crippen LogP contribution in [0.5, 0.6) is 0 Å². The second-order valence-corrected chi connectivity index (χ2v) is 13.5. The van der Waals surface area contributed by atoms with E-state index in [1.54, 1.807) is 35.2 Å². The molecule has 5 aliphatic rings. The average molecular weight is 622 g/mol. The quantitative estimate of drug-likeness (QED) is 0.377. The largest absolute Gasteiger partial charge is 0.481 e. The first kappa shape index (κ1) is 30.9. The molecule has 0 bridgehead atoms. The first-order chi connectivity index (χ1) is 20.6. The van der Waals surface area contributed by atoms with Crippen LogP contribution in [0.25, 0.3) is 0 Å². The summed E-state index contributed by atoms with van der Waals surface area (Å²) in [4.78, 5) is 38.3. The van der Waals surface area contributed by atoms with Crippen LogP contribution in [0.3, 0.4) is 0 Å².